The van der Waals surface area contributed by atoms with Gasteiger partial charge in [-0.3, -0.25) is 0 Å². The van der Waals surface area contributed by atoms with E-state index in [0.717, 1.165) is 27.4 Å². The summed E-state index contributed by atoms with van der Waals surface area (Å²) in [6.45, 7) is 3.53. The Balaban J connectivity index is 2.28. The van der Waals surface area contributed by atoms with E-state index in [1.54, 1.807) is 13.0 Å². The molecule has 0 saturated heterocycles. The van der Waals surface area contributed by atoms with Gasteiger partial charge in [-0.05, 0) is 37.1 Å². The molecular formula is C17H13FN2O2. The van der Waals surface area contributed by atoms with Crippen LogP contribution >= 0.6 is 0 Å². The quantitative estimate of drug-likeness (QED) is 0.549. The van der Waals surface area contributed by atoms with Crippen LogP contribution in [-0.2, 0) is 0 Å². The number of hydrogen-bond donors (Lipinski definition) is 2. The molecular weight excluding hydrogens is 283 g/mol. The van der Waals surface area contributed by atoms with Crippen LogP contribution < -0.4 is 0 Å². The number of aromatic carboxylic acids is 1. The number of aryl methyl sites for hydroxylation is 2. The summed E-state index contributed by atoms with van der Waals surface area (Å²) in [6.07, 6.45) is 0. The highest BCUT2D eigenvalue weighted by Crippen LogP contribution is 2.36. The smallest absolute Gasteiger partial charge is 0.355 e. The molecule has 0 aliphatic rings. The normalized spacial score (nSPS) is 11.8. The number of nitrogens with zero attached hydrogens (tertiary/aromatic N) is 1. The maximum Gasteiger partial charge on any atom is 0.355 e. The second-order valence-corrected chi connectivity index (χ2v) is 5.55. The van der Waals surface area contributed by atoms with Gasteiger partial charge in [-0.15, -0.1) is 0 Å². The van der Waals surface area contributed by atoms with Gasteiger partial charge in [-0.2, -0.15) is 4.79 Å². The number of halogens is 1. The average Bonchev–Trinajstić information content (AvgIpc) is 2.97. The van der Waals surface area contributed by atoms with Gasteiger partial charge in [0, 0.05) is 21.7 Å². The van der Waals surface area contributed by atoms with Gasteiger partial charge in [0.1, 0.15) is 0 Å². The molecule has 0 unspecified atom stereocenters. The Morgan fingerprint density at radius 1 is 1.18 bits per heavy atom. The summed E-state index contributed by atoms with van der Waals surface area (Å²) in [5.74, 6) is -1.26. The number of fused-ring (bicyclic) bond motifs is 4. The third-order valence-corrected chi connectivity index (χ3v) is 4.37. The molecule has 0 fully saturated rings. The second-order valence-electron chi connectivity index (χ2n) is 5.55. The number of carboxylic acid groups (broad SMARTS) is 1. The minimum Gasteiger partial charge on any atom is -0.476 e. The fourth-order valence-corrected chi connectivity index (χ4v) is 3.39. The fourth-order valence-electron chi connectivity index (χ4n) is 3.39. The molecule has 0 saturated carbocycles. The summed E-state index contributed by atoms with van der Waals surface area (Å²) >= 11 is 0. The largest absolute Gasteiger partial charge is 0.476 e. The predicted molar refractivity (Wildman–Crippen MR) is 84.2 cm³/mol. The molecule has 0 amide bonds. The number of carbonyl (C=O) groups is 1. The van der Waals surface area contributed by atoms with E-state index in [1.807, 2.05) is 31.2 Å². The first-order valence-corrected chi connectivity index (χ1v) is 6.95. The van der Waals surface area contributed by atoms with Crippen LogP contribution in [0.5, 0.6) is 0 Å². The first-order chi connectivity index (χ1) is 10.5. The van der Waals surface area contributed by atoms with Gasteiger partial charge in [0.2, 0.25) is 0 Å². The molecule has 0 spiro atoms. The van der Waals surface area contributed by atoms with E-state index in [0.29, 0.717) is 16.5 Å². The summed E-state index contributed by atoms with van der Waals surface area (Å²) in [5, 5.41) is 11.8. The van der Waals surface area contributed by atoms with Gasteiger partial charge in [0.05, 0.1) is 11.0 Å². The van der Waals surface area contributed by atoms with Crippen LogP contribution in [0.2, 0.25) is 0 Å². The zero-order valence-corrected chi connectivity index (χ0v) is 12.1. The van der Waals surface area contributed by atoms with Crippen molar-refractivity contribution in [3.05, 3.63) is 47.2 Å². The summed E-state index contributed by atoms with van der Waals surface area (Å²) in [6, 6.07) is 9.53. The molecule has 0 bridgehead atoms. The number of para-hydroxylation sites is 1. The van der Waals surface area contributed by atoms with Crippen LogP contribution in [0.3, 0.4) is 0 Å². The van der Waals surface area contributed by atoms with E-state index < -0.39 is 5.97 Å². The van der Waals surface area contributed by atoms with Crippen LogP contribution in [-0.4, -0.2) is 20.8 Å². The fraction of sp³-hybridized carbons (Fsp3) is 0.118. The van der Waals surface area contributed by atoms with Gasteiger partial charge in [0.15, 0.2) is 5.69 Å². The van der Waals surface area contributed by atoms with Gasteiger partial charge in [-0.1, -0.05) is 22.7 Å². The number of benzene rings is 2. The lowest BCUT2D eigenvalue weighted by molar-refractivity contribution is 0.0674. The maximum atomic E-state index is 14.5. The topological polar surface area (TPSA) is 58.0 Å². The van der Waals surface area contributed by atoms with Crippen molar-refractivity contribution < 1.29 is 14.4 Å². The van der Waals surface area contributed by atoms with Crippen LogP contribution in [0.1, 0.15) is 21.6 Å². The van der Waals surface area contributed by atoms with Gasteiger partial charge < -0.3 is 10.1 Å². The van der Waals surface area contributed by atoms with Crippen molar-refractivity contribution >= 4 is 38.7 Å². The minimum absolute atomic E-state index is 0.279. The Labute approximate surface area is 124 Å². The summed E-state index contributed by atoms with van der Waals surface area (Å²) in [4.78, 5) is 14.9. The lowest BCUT2D eigenvalue weighted by Gasteiger charge is -2.01. The van der Waals surface area contributed by atoms with Gasteiger partial charge in [-0.25, -0.2) is 4.79 Å². The Hall–Kier alpha value is -2.82. The number of carboxylic acids is 1. The molecule has 0 aliphatic carbocycles. The highest BCUT2D eigenvalue weighted by atomic mass is 19.2. The Morgan fingerprint density at radius 2 is 1.91 bits per heavy atom. The van der Waals surface area contributed by atoms with Crippen LogP contribution in [0.25, 0.3) is 32.7 Å². The standard InChI is InChI=1S/C17H13FN2O2/c1-8-14-9(2)16(17(21)22)20(18)13(14)7-11-10-5-3-4-6-12(10)19-15(8)11/h3-7,19H,1-2H3,(H,21,22). The maximum absolute atomic E-state index is 14.5. The number of nitrogens with one attached hydrogen (secondary N) is 1. The number of aromatic nitrogens is 2. The lowest BCUT2D eigenvalue weighted by atomic mass is 10.0. The monoisotopic (exact) mass is 296 g/mol. The molecule has 2 aromatic heterocycles. The molecule has 0 radical (unpaired) electrons. The summed E-state index contributed by atoms with van der Waals surface area (Å²) in [5.41, 5.74) is 3.19. The van der Waals surface area contributed by atoms with E-state index in [9.17, 15) is 14.4 Å². The molecule has 4 nitrogen and oxygen atoms in total. The Morgan fingerprint density at radius 3 is 2.64 bits per heavy atom. The van der Waals surface area contributed by atoms with E-state index >= 15 is 0 Å². The molecule has 4 rings (SSSR count). The van der Waals surface area contributed by atoms with E-state index in [-0.39, 0.29) is 10.5 Å². The number of H-pyrrole nitrogens is 1. The van der Waals surface area contributed by atoms with Crippen molar-refractivity contribution in [3.63, 3.8) is 0 Å². The third-order valence-electron chi connectivity index (χ3n) is 4.37. The minimum atomic E-state index is -1.26. The molecule has 2 heterocycles. The zero-order valence-electron chi connectivity index (χ0n) is 12.1. The van der Waals surface area contributed by atoms with E-state index in [2.05, 4.69) is 4.98 Å². The Bertz CT molecular complexity index is 1090. The highest BCUT2D eigenvalue weighted by molar-refractivity contribution is 6.15. The van der Waals surface area contributed by atoms with Crippen LogP contribution in [0.15, 0.2) is 30.3 Å². The second kappa shape index (κ2) is 4.10. The third kappa shape index (κ3) is 1.43. The average molecular weight is 296 g/mol. The zero-order chi connectivity index (χ0) is 15.6. The molecule has 0 atom stereocenters. The summed E-state index contributed by atoms with van der Waals surface area (Å²) < 4.78 is 14.5. The molecule has 110 valence electrons. The van der Waals surface area contributed by atoms with Crippen molar-refractivity contribution in [3.8, 4) is 0 Å². The predicted octanol–water partition coefficient (Wildman–Crippen LogP) is 4.32. The Kier molecular flexibility index (Phi) is 2.40. The van der Waals surface area contributed by atoms with Crippen molar-refractivity contribution in [2.45, 2.75) is 13.8 Å². The van der Waals surface area contributed by atoms with E-state index in [1.165, 1.54) is 0 Å². The van der Waals surface area contributed by atoms with Gasteiger partial charge >= 0.3 is 5.97 Å². The van der Waals surface area contributed by atoms with Crippen molar-refractivity contribution in [1.29, 1.82) is 0 Å². The van der Waals surface area contributed by atoms with Gasteiger partial charge in [0.25, 0.3) is 0 Å². The molecule has 22 heavy (non-hydrogen) atoms. The first kappa shape index (κ1) is 12.9. The molecule has 0 aliphatic heterocycles. The van der Waals surface area contributed by atoms with E-state index in [4.69, 9.17) is 0 Å². The molecule has 2 aromatic carbocycles. The van der Waals surface area contributed by atoms with Crippen molar-refractivity contribution in [2.75, 3.05) is 0 Å². The van der Waals surface area contributed by atoms with Crippen LogP contribution in [0.4, 0.5) is 4.48 Å². The highest BCUT2D eigenvalue weighted by Gasteiger charge is 2.23. The van der Waals surface area contributed by atoms with Crippen molar-refractivity contribution in [1.82, 2.24) is 9.77 Å². The SMILES string of the molecule is Cc1c(C(=O)O)n(F)c2cc3c([nH]c4ccccc43)c(C)c12. The number of aromatic amines is 1. The summed E-state index contributed by atoms with van der Waals surface area (Å²) in [7, 11) is 0. The molecule has 5 heteroatoms. The van der Waals surface area contributed by atoms with Crippen LogP contribution in [0, 0.1) is 13.8 Å². The first-order valence-electron chi connectivity index (χ1n) is 6.95. The number of hydrogen-bond acceptors (Lipinski definition) is 1. The number of rotatable bonds is 1. The molecule has 4 aromatic rings. The van der Waals surface area contributed by atoms with Crippen molar-refractivity contribution in [2.24, 2.45) is 0 Å². The lowest BCUT2D eigenvalue weighted by Crippen LogP contribution is -2.03. The molecule has 2 N–H and O–H groups in total.